The van der Waals surface area contributed by atoms with Gasteiger partial charge in [0.15, 0.2) is 0 Å². The molecule has 0 bridgehead atoms. The second-order valence-electron chi connectivity index (χ2n) is 4.50. The highest BCUT2D eigenvalue weighted by Crippen LogP contribution is 2.36. The zero-order valence-corrected chi connectivity index (χ0v) is 9.11. The van der Waals surface area contributed by atoms with Crippen molar-refractivity contribution < 1.29 is 4.74 Å². The Morgan fingerprint density at radius 3 is 2.60 bits per heavy atom. The van der Waals surface area contributed by atoms with Crippen LogP contribution in [0, 0.1) is 0 Å². The van der Waals surface area contributed by atoms with Gasteiger partial charge in [0.1, 0.15) is 0 Å². The molecule has 1 aliphatic carbocycles. The maximum Gasteiger partial charge on any atom is 0.0716 e. The molecule has 1 aliphatic rings. The van der Waals surface area contributed by atoms with Crippen LogP contribution in [0.1, 0.15) is 31.2 Å². The van der Waals surface area contributed by atoms with Gasteiger partial charge in [0, 0.05) is 12.1 Å². The van der Waals surface area contributed by atoms with Crippen LogP contribution in [0.3, 0.4) is 0 Å². The van der Waals surface area contributed by atoms with Crippen LogP contribution in [0.15, 0.2) is 30.3 Å². The first-order valence-corrected chi connectivity index (χ1v) is 5.69. The molecule has 2 heteroatoms. The molecule has 1 saturated carbocycles. The first kappa shape index (κ1) is 10.7. The van der Waals surface area contributed by atoms with Crippen LogP contribution < -0.4 is 5.73 Å². The van der Waals surface area contributed by atoms with Gasteiger partial charge >= 0.3 is 0 Å². The minimum atomic E-state index is 0.177. The van der Waals surface area contributed by atoms with Crippen molar-refractivity contribution in [1.82, 2.24) is 0 Å². The number of ether oxygens (including phenoxy) is 1. The van der Waals surface area contributed by atoms with Gasteiger partial charge in [-0.2, -0.15) is 0 Å². The number of rotatable bonds is 6. The fourth-order valence-electron chi connectivity index (χ4n) is 1.70. The maximum absolute atomic E-state index is 5.98. The summed E-state index contributed by atoms with van der Waals surface area (Å²) in [7, 11) is 0. The second kappa shape index (κ2) is 4.77. The fourth-order valence-corrected chi connectivity index (χ4v) is 1.70. The monoisotopic (exact) mass is 205 g/mol. The number of benzene rings is 1. The Morgan fingerprint density at radius 2 is 1.93 bits per heavy atom. The van der Waals surface area contributed by atoms with Crippen molar-refractivity contribution in [2.24, 2.45) is 5.73 Å². The first-order valence-electron chi connectivity index (χ1n) is 5.69. The van der Waals surface area contributed by atoms with Crippen molar-refractivity contribution in [3.8, 4) is 0 Å². The molecule has 2 rings (SSSR count). The largest absolute Gasteiger partial charge is 0.377 e. The molecule has 0 heterocycles. The van der Waals surface area contributed by atoms with Crippen LogP contribution in [-0.2, 0) is 11.3 Å². The second-order valence-corrected chi connectivity index (χ2v) is 4.50. The Morgan fingerprint density at radius 1 is 1.20 bits per heavy atom. The summed E-state index contributed by atoms with van der Waals surface area (Å²) in [5, 5.41) is 0. The topological polar surface area (TPSA) is 35.2 Å². The number of nitrogens with two attached hydrogens (primary N) is 1. The van der Waals surface area contributed by atoms with Gasteiger partial charge in [-0.1, -0.05) is 30.3 Å². The van der Waals surface area contributed by atoms with E-state index in [9.17, 15) is 0 Å². The van der Waals surface area contributed by atoms with Gasteiger partial charge in [-0.3, -0.25) is 0 Å². The lowest BCUT2D eigenvalue weighted by atomic mass is 10.1. The van der Waals surface area contributed by atoms with Crippen LogP contribution in [0.5, 0.6) is 0 Å². The normalized spacial score (nSPS) is 17.7. The zero-order valence-electron chi connectivity index (χ0n) is 9.11. The molecule has 0 amide bonds. The summed E-state index contributed by atoms with van der Waals surface area (Å²) in [4.78, 5) is 0. The average molecular weight is 205 g/mol. The smallest absolute Gasteiger partial charge is 0.0716 e. The molecule has 82 valence electrons. The third-order valence-corrected chi connectivity index (χ3v) is 2.97. The van der Waals surface area contributed by atoms with Gasteiger partial charge < -0.3 is 10.5 Å². The summed E-state index contributed by atoms with van der Waals surface area (Å²) in [6.45, 7) is 1.55. The SMILES string of the molecule is NC1(CCCOCc2ccccc2)CC1. The molecule has 1 fully saturated rings. The molecule has 2 N–H and O–H groups in total. The lowest BCUT2D eigenvalue weighted by Crippen LogP contribution is -2.21. The van der Waals surface area contributed by atoms with Gasteiger partial charge in [0.05, 0.1) is 6.61 Å². The van der Waals surface area contributed by atoms with Crippen LogP contribution in [0.2, 0.25) is 0 Å². The van der Waals surface area contributed by atoms with Crippen molar-refractivity contribution in [3.05, 3.63) is 35.9 Å². The zero-order chi connectivity index (χ0) is 10.6. The molecular weight excluding hydrogens is 186 g/mol. The average Bonchev–Trinajstić information content (AvgIpc) is 2.98. The van der Waals surface area contributed by atoms with E-state index in [1.54, 1.807) is 0 Å². The van der Waals surface area contributed by atoms with Crippen LogP contribution in [-0.4, -0.2) is 12.1 Å². The van der Waals surface area contributed by atoms with E-state index >= 15 is 0 Å². The quantitative estimate of drug-likeness (QED) is 0.724. The van der Waals surface area contributed by atoms with Gasteiger partial charge in [0.2, 0.25) is 0 Å². The number of hydrogen-bond acceptors (Lipinski definition) is 2. The van der Waals surface area contributed by atoms with Gasteiger partial charge in [-0.25, -0.2) is 0 Å². The predicted molar refractivity (Wildman–Crippen MR) is 61.5 cm³/mol. The van der Waals surface area contributed by atoms with E-state index in [1.165, 1.54) is 18.4 Å². The summed E-state index contributed by atoms with van der Waals surface area (Å²) in [5.74, 6) is 0. The van der Waals surface area contributed by atoms with E-state index in [1.807, 2.05) is 18.2 Å². The van der Waals surface area contributed by atoms with Crippen molar-refractivity contribution in [2.45, 2.75) is 37.8 Å². The molecule has 0 atom stereocenters. The molecule has 0 aliphatic heterocycles. The van der Waals surface area contributed by atoms with Crippen molar-refractivity contribution in [2.75, 3.05) is 6.61 Å². The number of hydrogen-bond donors (Lipinski definition) is 1. The predicted octanol–water partition coefficient (Wildman–Crippen LogP) is 2.47. The summed E-state index contributed by atoms with van der Waals surface area (Å²) < 4.78 is 5.59. The van der Waals surface area contributed by atoms with Crippen LogP contribution in [0.4, 0.5) is 0 Å². The Bertz CT molecular complexity index is 293. The summed E-state index contributed by atoms with van der Waals surface area (Å²) in [6, 6.07) is 10.3. The molecule has 0 unspecified atom stereocenters. The molecule has 0 spiro atoms. The third kappa shape index (κ3) is 3.65. The summed E-state index contributed by atoms with van der Waals surface area (Å²) in [5.41, 5.74) is 7.40. The molecule has 1 aromatic carbocycles. The van der Waals surface area contributed by atoms with Crippen LogP contribution in [0.25, 0.3) is 0 Å². The van der Waals surface area contributed by atoms with E-state index < -0.39 is 0 Å². The first-order chi connectivity index (χ1) is 7.29. The van der Waals surface area contributed by atoms with Gasteiger partial charge in [-0.15, -0.1) is 0 Å². The highest BCUT2D eigenvalue weighted by molar-refractivity contribution is 5.13. The Labute approximate surface area is 91.4 Å². The van der Waals surface area contributed by atoms with Crippen molar-refractivity contribution in [3.63, 3.8) is 0 Å². The minimum Gasteiger partial charge on any atom is -0.377 e. The van der Waals surface area contributed by atoms with E-state index in [0.29, 0.717) is 0 Å². The molecule has 0 radical (unpaired) electrons. The standard InChI is InChI=1S/C13H19NO/c14-13(8-9-13)7-4-10-15-11-12-5-2-1-3-6-12/h1-3,5-6H,4,7-11,14H2. The Balaban J connectivity index is 1.55. The molecule has 2 nitrogen and oxygen atoms in total. The lowest BCUT2D eigenvalue weighted by molar-refractivity contribution is 0.115. The van der Waals surface area contributed by atoms with Crippen LogP contribution >= 0.6 is 0 Å². The summed E-state index contributed by atoms with van der Waals surface area (Å²) in [6.07, 6.45) is 4.60. The highest BCUT2D eigenvalue weighted by atomic mass is 16.5. The fraction of sp³-hybridized carbons (Fsp3) is 0.538. The molecule has 15 heavy (non-hydrogen) atoms. The third-order valence-electron chi connectivity index (χ3n) is 2.97. The summed E-state index contributed by atoms with van der Waals surface area (Å²) >= 11 is 0. The minimum absolute atomic E-state index is 0.177. The van der Waals surface area contributed by atoms with E-state index in [2.05, 4.69) is 12.1 Å². The Kier molecular flexibility index (Phi) is 3.39. The van der Waals surface area contributed by atoms with Gasteiger partial charge in [0.25, 0.3) is 0 Å². The Hall–Kier alpha value is -0.860. The molecule has 0 aromatic heterocycles. The maximum atomic E-state index is 5.98. The van der Waals surface area contributed by atoms with Crippen molar-refractivity contribution >= 4 is 0 Å². The van der Waals surface area contributed by atoms with Gasteiger partial charge in [-0.05, 0) is 31.2 Å². The lowest BCUT2D eigenvalue weighted by Gasteiger charge is -2.08. The van der Waals surface area contributed by atoms with E-state index in [0.717, 1.165) is 26.1 Å². The van der Waals surface area contributed by atoms with Crippen molar-refractivity contribution in [1.29, 1.82) is 0 Å². The molecular formula is C13H19NO. The molecule has 1 aromatic rings. The highest BCUT2D eigenvalue weighted by Gasteiger charge is 2.36. The van der Waals surface area contributed by atoms with E-state index in [4.69, 9.17) is 10.5 Å². The van der Waals surface area contributed by atoms with E-state index in [-0.39, 0.29) is 5.54 Å². The molecule has 0 saturated heterocycles.